The molecule has 3 aromatic rings. The summed E-state index contributed by atoms with van der Waals surface area (Å²) in [5, 5.41) is 11.1. The van der Waals surface area contributed by atoms with Gasteiger partial charge in [0.2, 0.25) is 5.78 Å². The molecule has 0 fully saturated rings. The molecule has 0 aliphatic carbocycles. The zero-order chi connectivity index (χ0) is 15.0. The fourth-order valence-electron chi connectivity index (χ4n) is 2.01. The molecule has 7 heteroatoms. The number of aromatic amines is 1. The Morgan fingerprint density at radius 3 is 2.86 bits per heavy atom. The number of thiazole rings is 1. The highest BCUT2D eigenvalue weighted by molar-refractivity contribution is 7.12. The Balaban J connectivity index is 2.06. The van der Waals surface area contributed by atoms with Crippen molar-refractivity contribution >= 4 is 34.0 Å². The Kier molecular flexibility index (Phi) is 3.19. The van der Waals surface area contributed by atoms with Crippen LogP contribution < -0.4 is 4.74 Å². The first-order valence-corrected chi connectivity index (χ1v) is 6.86. The molecule has 0 aliphatic rings. The highest BCUT2D eigenvalue weighted by Gasteiger charge is 2.19. The minimum Gasteiger partial charge on any atom is -0.497 e. The van der Waals surface area contributed by atoms with Crippen molar-refractivity contribution in [3.63, 3.8) is 0 Å². The van der Waals surface area contributed by atoms with Gasteiger partial charge in [-0.05, 0) is 18.2 Å². The molecule has 0 aliphatic heterocycles. The third-order valence-electron chi connectivity index (χ3n) is 3.05. The number of carboxylic acids is 1. The Bertz CT molecular complexity index is 850. The number of ketones is 1. The first-order chi connectivity index (χ1) is 10.1. The predicted molar refractivity (Wildman–Crippen MR) is 77.4 cm³/mol. The molecule has 0 atom stereocenters. The van der Waals surface area contributed by atoms with Crippen LogP contribution in [0.1, 0.15) is 25.9 Å². The lowest BCUT2D eigenvalue weighted by molar-refractivity contribution is 0.0691. The molecule has 2 aromatic heterocycles. The second-order valence-electron chi connectivity index (χ2n) is 4.29. The van der Waals surface area contributed by atoms with Crippen molar-refractivity contribution in [1.29, 1.82) is 0 Å². The largest absolute Gasteiger partial charge is 0.497 e. The molecule has 106 valence electrons. The van der Waals surface area contributed by atoms with E-state index < -0.39 is 5.97 Å². The number of carbonyl (C=O) groups excluding carboxylic acids is 1. The minimum absolute atomic E-state index is 0.124. The summed E-state index contributed by atoms with van der Waals surface area (Å²) in [4.78, 5) is 30.1. The van der Waals surface area contributed by atoms with Gasteiger partial charge in [-0.2, -0.15) is 0 Å². The summed E-state index contributed by atoms with van der Waals surface area (Å²) in [6.45, 7) is 0. The fourth-order valence-corrected chi connectivity index (χ4v) is 2.75. The van der Waals surface area contributed by atoms with Crippen LogP contribution >= 0.6 is 11.3 Å². The van der Waals surface area contributed by atoms with E-state index in [1.807, 2.05) is 6.07 Å². The molecule has 6 nitrogen and oxygen atoms in total. The zero-order valence-corrected chi connectivity index (χ0v) is 11.7. The van der Waals surface area contributed by atoms with Gasteiger partial charge >= 0.3 is 5.97 Å². The first kappa shape index (κ1) is 13.3. The summed E-state index contributed by atoms with van der Waals surface area (Å²) < 4.78 is 5.15. The molecule has 0 saturated carbocycles. The molecule has 0 amide bonds. The van der Waals surface area contributed by atoms with Crippen molar-refractivity contribution in [2.75, 3.05) is 7.11 Å². The summed E-state index contributed by atoms with van der Waals surface area (Å²) in [5.74, 6) is -0.820. The predicted octanol–water partition coefficient (Wildman–Crippen LogP) is 2.56. The summed E-state index contributed by atoms with van der Waals surface area (Å²) in [6.07, 6.45) is 1.59. The van der Waals surface area contributed by atoms with E-state index in [0.29, 0.717) is 16.7 Å². The van der Waals surface area contributed by atoms with E-state index in [4.69, 9.17) is 9.84 Å². The molecule has 0 bridgehead atoms. The average Bonchev–Trinajstić information content (AvgIpc) is 3.12. The van der Waals surface area contributed by atoms with Crippen LogP contribution in [-0.4, -0.2) is 33.9 Å². The lowest BCUT2D eigenvalue weighted by Gasteiger charge is -2.00. The van der Waals surface area contributed by atoms with Gasteiger partial charge in [0.1, 0.15) is 5.75 Å². The van der Waals surface area contributed by atoms with Gasteiger partial charge in [-0.15, -0.1) is 11.3 Å². The van der Waals surface area contributed by atoms with E-state index in [2.05, 4.69) is 9.97 Å². The average molecular weight is 302 g/mol. The highest BCUT2D eigenvalue weighted by Crippen LogP contribution is 2.26. The number of aromatic carboxylic acids is 1. The number of rotatable bonds is 4. The van der Waals surface area contributed by atoms with Crippen LogP contribution in [0.2, 0.25) is 0 Å². The zero-order valence-electron chi connectivity index (χ0n) is 10.9. The fraction of sp³-hybridized carbons (Fsp3) is 0.0714. The van der Waals surface area contributed by atoms with Crippen LogP contribution in [-0.2, 0) is 0 Å². The van der Waals surface area contributed by atoms with Gasteiger partial charge in [-0.3, -0.25) is 4.79 Å². The molecule has 2 N–H and O–H groups in total. The smallest absolute Gasteiger partial charge is 0.355 e. The van der Waals surface area contributed by atoms with Gasteiger partial charge in [0.05, 0.1) is 12.7 Å². The molecule has 0 unspecified atom stereocenters. The van der Waals surface area contributed by atoms with E-state index in [-0.39, 0.29) is 16.5 Å². The van der Waals surface area contributed by atoms with Gasteiger partial charge < -0.3 is 14.8 Å². The van der Waals surface area contributed by atoms with E-state index in [1.165, 1.54) is 5.38 Å². The van der Waals surface area contributed by atoms with Crippen molar-refractivity contribution in [1.82, 2.24) is 9.97 Å². The number of hydrogen-bond acceptors (Lipinski definition) is 5. The van der Waals surface area contributed by atoms with Crippen LogP contribution in [0.3, 0.4) is 0 Å². The van der Waals surface area contributed by atoms with E-state index in [1.54, 1.807) is 25.4 Å². The topological polar surface area (TPSA) is 92.3 Å². The Hall–Kier alpha value is -2.67. The van der Waals surface area contributed by atoms with Gasteiger partial charge in [0.25, 0.3) is 0 Å². The number of carbonyl (C=O) groups is 2. The standard InChI is InChI=1S/C14H10N2O4S/c1-20-7-2-3-10-8(4-7)9(5-15-10)12(17)13-16-11(6-21-13)14(18)19/h2-6,15H,1H3,(H,18,19). The van der Waals surface area contributed by atoms with Crippen LogP contribution in [0.5, 0.6) is 5.75 Å². The van der Waals surface area contributed by atoms with Crippen LogP contribution in [0, 0.1) is 0 Å². The maximum absolute atomic E-state index is 12.5. The number of benzene rings is 1. The molecule has 0 radical (unpaired) electrons. The van der Waals surface area contributed by atoms with Crippen molar-refractivity contribution in [3.8, 4) is 5.75 Å². The monoisotopic (exact) mass is 302 g/mol. The Labute approximate surface area is 123 Å². The minimum atomic E-state index is -1.15. The van der Waals surface area contributed by atoms with Crippen LogP contribution in [0.4, 0.5) is 0 Å². The van der Waals surface area contributed by atoms with Gasteiger partial charge in [0, 0.05) is 22.5 Å². The third kappa shape index (κ3) is 2.27. The number of nitrogens with zero attached hydrogens (tertiary/aromatic N) is 1. The van der Waals surface area contributed by atoms with Crippen molar-refractivity contribution in [2.45, 2.75) is 0 Å². The van der Waals surface area contributed by atoms with Crippen molar-refractivity contribution in [2.24, 2.45) is 0 Å². The van der Waals surface area contributed by atoms with Gasteiger partial charge in [-0.1, -0.05) is 0 Å². The number of fused-ring (bicyclic) bond motifs is 1. The summed E-state index contributed by atoms with van der Waals surface area (Å²) in [6, 6.07) is 5.36. The molecule has 3 rings (SSSR count). The van der Waals surface area contributed by atoms with Gasteiger partial charge in [-0.25, -0.2) is 9.78 Å². The third-order valence-corrected chi connectivity index (χ3v) is 3.89. The quantitative estimate of drug-likeness (QED) is 0.723. The second-order valence-corrected chi connectivity index (χ2v) is 5.14. The first-order valence-electron chi connectivity index (χ1n) is 5.99. The Morgan fingerprint density at radius 1 is 1.38 bits per heavy atom. The SMILES string of the molecule is COc1ccc2[nH]cc(C(=O)c3nc(C(=O)O)cs3)c2c1. The van der Waals surface area contributed by atoms with E-state index in [9.17, 15) is 9.59 Å². The molecule has 0 spiro atoms. The number of carboxylic acid groups (broad SMARTS) is 1. The highest BCUT2D eigenvalue weighted by atomic mass is 32.1. The van der Waals surface area contributed by atoms with E-state index in [0.717, 1.165) is 16.9 Å². The maximum Gasteiger partial charge on any atom is 0.355 e. The molecular formula is C14H10N2O4S. The van der Waals surface area contributed by atoms with Crippen LogP contribution in [0.25, 0.3) is 10.9 Å². The van der Waals surface area contributed by atoms with Crippen molar-refractivity contribution < 1.29 is 19.4 Å². The molecule has 1 aromatic carbocycles. The lowest BCUT2D eigenvalue weighted by atomic mass is 10.1. The van der Waals surface area contributed by atoms with Crippen molar-refractivity contribution in [3.05, 3.63) is 46.0 Å². The number of ether oxygens (including phenoxy) is 1. The summed E-state index contributed by atoms with van der Waals surface area (Å²) >= 11 is 1.02. The summed E-state index contributed by atoms with van der Waals surface area (Å²) in [5.41, 5.74) is 1.12. The van der Waals surface area contributed by atoms with E-state index >= 15 is 0 Å². The molecule has 0 saturated heterocycles. The number of nitrogens with one attached hydrogen (secondary N) is 1. The Morgan fingerprint density at radius 2 is 2.19 bits per heavy atom. The number of aromatic nitrogens is 2. The molecule has 21 heavy (non-hydrogen) atoms. The second kappa shape index (κ2) is 5.02. The number of methoxy groups -OCH3 is 1. The summed E-state index contributed by atoms with van der Waals surface area (Å²) in [7, 11) is 1.55. The van der Waals surface area contributed by atoms with Crippen LogP contribution in [0.15, 0.2) is 29.8 Å². The number of hydrogen-bond donors (Lipinski definition) is 2. The lowest BCUT2D eigenvalue weighted by Crippen LogP contribution is -2.02. The van der Waals surface area contributed by atoms with Gasteiger partial charge in [0.15, 0.2) is 10.7 Å². The molecular weight excluding hydrogens is 292 g/mol. The number of H-pyrrole nitrogens is 1. The molecule has 2 heterocycles. The maximum atomic E-state index is 12.5. The normalized spacial score (nSPS) is 10.7.